The number of alkyl halides is 9. The second-order valence-electron chi connectivity index (χ2n) is 12.0. The summed E-state index contributed by atoms with van der Waals surface area (Å²) in [6.07, 6.45) is -9.84. The largest absolute Gasteiger partial charge is 0.507 e. The lowest BCUT2D eigenvalue weighted by molar-refractivity contribution is -0.143. The van der Waals surface area contributed by atoms with Crippen LogP contribution >= 0.6 is 39.1 Å². The number of phenolic OH excluding ortho intramolecular Hbond substituents is 1. The van der Waals surface area contributed by atoms with Crippen molar-refractivity contribution >= 4 is 68.4 Å². The van der Waals surface area contributed by atoms with Gasteiger partial charge in [0.05, 0.1) is 48.3 Å². The first-order valence-corrected chi connectivity index (χ1v) is 16.3. The van der Waals surface area contributed by atoms with E-state index in [1.165, 1.54) is 32.4 Å². The first-order valence-electron chi connectivity index (χ1n) is 14.4. The highest BCUT2D eigenvalue weighted by molar-refractivity contribution is 9.09. The molecule has 9 nitrogen and oxygen atoms in total. The molecule has 6 rings (SSSR count). The number of rotatable bonds is 5. The third-order valence-corrected chi connectivity index (χ3v) is 11.6. The van der Waals surface area contributed by atoms with Crippen LogP contribution < -0.4 is 14.4 Å². The van der Waals surface area contributed by atoms with Gasteiger partial charge >= 0.3 is 12.4 Å². The van der Waals surface area contributed by atoms with Crippen LogP contribution in [0.2, 0.25) is 0 Å². The molecule has 6 unspecified atom stereocenters. The van der Waals surface area contributed by atoms with Gasteiger partial charge in [0.15, 0.2) is 9.75 Å². The molecule has 1 N–H and O–H groups in total. The Morgan fingerprint density at radius 2 is 1.51 bits per heavy atom. The lowest BCUT2D eigenvalue weighted by Gasteiger charge is -2.51. The quantitative estimate of drug-likeness (QED) is 0.123. The minimum atomic E-state index is -5.26. The van der Waals surface area contributed by atoms with Crippen molar-refractivity contribution in [1.29, 1.82) is 0 Å². The normalized spacial score (nSPS) is 29.9. The molecule has 4 aliphatic rings. The van der Waals surface area contributed by atoms with Crippen LogP contribution in [0.5, 0.6) is 17.2 Å². The number of hydrogen-bond donors (Lipinski definition) is 1. The molecule has 49 heavy (non-hydrogen) atoms. The number of aromatic hydroxyl groups is 1. The maximum Gasteiger partial charge on any atom is 0.416 e. The summed E-state index contributed by atoms with van der Waals surface area (Å²) in [6, 6.07) is 2.98. The molecule has 18 heteroatoms. The SMILES string of the molecule is COc1cc(O)c(C2C3=CCC4C(=O)N(c5cc(C(F)(F)F)cc(C(F)(F)F)c5)C(=O)C4C3CC3(Cl)C(=O)N(CBr)C(=O)C23Cl)c(OC)c1. The van der Waals surface area contributed by atoms with E-state index in [1.807, 2.05) is 0 Å². The van der Waals surface area contributed by atoms with Crippen molar-refractivity contribution in [1.82, 2.24) is 4.90 Å². The Morgan fingerprint density at radius 3 is 2.04 bits per heavy atom. The van der Waals surface area contributed by atoms with Gasteiger partial charge in [-0.25, -0.2) is 4.90 Å². The van der Waals surface area contributed by atoms with Crippen molar-refractivity contribution in [2.75, 3.05) is 24.6 Å². The van der Waals surface area contributed by atoms with Crippen LogP contribution in [0.15, 0.2) is 42.0 Å². The summed E-state index contributed by atoms with van der Waals surface area (Å²) in [5, 5.41) is 11.3. The third kappa shape index (κ3) is 4.94. The summed E-state index contributed by atoms with van der Waals surface area (Å²) in [6.45, 7) is 0. The van der Waals surface area contributed by atoms with Crippen LogP contribution in [0.4, 0.5) is 32.0 Å². The number of likely N-dealkylation sites (tertiary alicyclic amines) is 1. The Morgan fingerprint density at radius 1 is 0.898 bits per heavy atom. The van der Waals surface area contributed by atoms with Crippen LogP contribution in [0.25, 0.3) is 0 Å². The van der Waals surface area contributed by atoms with E-state index in [1.54, 1.807) is 0 Å². The molecule has 0 aromatic heterocycles. The van der Waals surface area contributed by atoms with E-state index in [0.717, 1.165) is 4.90 Å². The molecule has 1 saturated carbocycles. The summed E-state index contributed by atoms with van der Waals surface area (Å²) >= 11 is 17.4. The number of carbonyl (C=O) groups excluding carboxylic acids is 4. The number of fused-ring (bicyclic) bond motifs is 4. The summed E-state index contributed by atoms with van der Waals surface area (Å²) in [5.74, 6) is -9.99. The molecule has 2 aromatic carbocycles. The van der Waals surface area contributed by atoms with E-state index in [2.05, 4.69) is 15.9 Å². The zero-order chi connectivity index (χ0) is 36.2. The van der Waals surface area contributed by atoms with Gasteiger partial charge < -0.3 is 14.6 Å². The molecule has 0 radical (unpaired) electrons. The Hall–Kier alpha value is -3.50. The number of hydrogen-bond acceptors (Lipinski definition) is 7. The molecule has 2 saturated heterocycles. The Bertz CT molecular complexity index is 1820. The summed E-state index contributed by atoms with van der Waals surface area (Å²) < 4.78 is 93.0. The van der Waals surface area contributed by atoms with Crippen LogP contribution in [0, 0.1) is 17.8 Å². The van der Waals surface area contributed by atoms with Gasteiger partial charge in [-0.15, -0.1) is 23.2 Å². The third-order valence-electron chi connectivity index (χ3n) is 9.68. The first-order chi connectivity index (χ1) is 22.8. The highest BCUT2D eigenvalue weighted by atomic mass is 79.9. The lowest BCUT2D eigenvalue weighted by atomic mass is 9.56. The molecule has 2 aromatic rings. The fraction of sp³-hybridized carbons (Fsp3) is 0.419. The van der Waals surface area contributed by atoms with Gasteiger partial charge in [-0.1, -0.05) is 27.6 Å². The number of halogens is 9. The van der Waals surface area contributed by atoms with Crippen molar-refractivity contribution in [2.24, 2.45) is 17.8 Å². The molecular formula is C31H23BrCl2F6N2O7. The van der Waals surface area contributed by atoms with Gasteiger partial charge in [-0.05, 0) is 37.0 Å². The fourth-order valence-electron chi connectivity index (χ4n) is 7.56. The molecule has 2 aliphatic heterocycles. The number of amides is 4. The maximum atomic E-state index is 14.2. The maximum absolute atomic E-state index is 14.2. The molecule has 0 bridgehead atoms. The fourth-order valence-corrected chi connectivity index (χ4v) is 8.97. The van der Waals surface area contributed by atoms with E-state index >= 15 is 0 Å². The second-order valence-corrected chi connectivity index (χ2v) is 13.8. The summed E-state index contributed by atoms with van der Waals surface area (Å²) in [7, 11) is 2.55. The number of imide groups is 2. The van der Waals surface area contributed by atoms with Gasteiger partial charge in [-0.2, -0.15) is 26.3 Å². The Labute approximate surface area is 291 Å². The van der Waals surface area contributed by atoms with Gasteiger partial charge in [0, 0.05) is 23.6 Å². The number of methoxy groups -OCH3 is 2. The number of ether oxygens (including phenoxy) is 2. The Balaban J connectivity index is 1.54. The minimum Gasteiger partial charge on any atom is -0.507 e. The molecular weight excluding hydrogens is 777 g/mol. The van der Waals surface area contributed by atoms with E-state index < -0.39 is 98.4 Å². The van der Waals surface area contributed by atoms with Gasteiger partial charge in [-0.3, -0.25) is 24.1 Å². The minimum absolute atomic E-state index is 0.0544. The summed E-state index contributed by atoms with van der Waals surface area (Å²) in [4.78, 5) is 52.1. The number of nitrogens with zero attached hydrogens (tertiary/aromatic N) is 2. The molecule has 262 valence electrons. The second kappa shape index (κ2) is 11.5. The monoisotopic (exact) mass is 798 g/mol. The van der Waals surface area contributed by atoms with E-state index in [4.69, 9.17) is 32.7 Å². The van der Waals surface area contributed by atoms with Crippen LogP contribution in [-0.4, -0.2) is 63.1 Å². The van der Waals surface area contributed by atoms with Crippen molar-refractivity contribution in [3.8, 4) is 17.2 Å². The smallest absolute Gasteiger partial charge is 0.416 e. The Kier molecular flexibility index (Phi) is 8.31. The van der Waals surface area contributed by atoms with Crippen LogP contribution in [0.3, 0.4) is 0 Å². The number of benzene rings is 2. The average Bonchev–Trinajstić information content (AvgIpc) is 3.37. The standard InChI is InChI=1S/C31H23BrCl2F6N2O7/c1-48-15-8-19(43)22(20(9-15)49-2)23-16-3-4-17-21(18(16)10-28(33)26(46)41(11-32)27(47)29(23,28)34)25(45)42(24(17)44)14-6-12(30(35,36)37)5-13(7-14)31(38,39)40/h3,5-9,17-18,21,23,43H,4,10-11H2,1-2H3. The molecule has 3 fully saturated rings. The molecule has 6 atom stereocenters. The van der Waals surface area contributed by atoms with Gasteiger partial charge in [0.25, 0.3) is 11.8 Å². The van der Waals surface area contributed by atoms with Crippen LogP contribution in [-0.2, 0) is 31.5 Å². The van der Waals surface area contributed by atoms with Crippen molar-refractivity contribution < 1.29 is 60.1 Å². The predicted molar refractivity (Wildman–Crippen MR) is 163 cm³/mol. The van der Waals surface area contributed by atoms with E-state index in [0.29, 0.717) is 0 Å². The molecule has 4 amide bonds. The average molecular weight is 800 g/mol. The number of phenols is 1. The summed E-state index contributed by atoms with van der Waals surface area (Å²) in [5.41, 5.74) is -4.68. The zero-order valence-corrected chi connectivity index (χ0v) is 28.2. The van der Waals surface area contributed by atoms with Crippen molar-refractivity contribution in [3.05, 3.63) is 58.7 Å². The zero-order valence-electron chi connectivity index (χ0n) is 25.1. The first kappa shape index (κ1) is 35.3. The number of anilines is 1. The number of carbonyl (C=O) groups is 4. The highest BCUT2D eigenvalue weighted by Gasteiger charge is 2.77. The predicted octanol–water partition coefficient (Wildman–Crippen LogP) is 6.36. The van der Waals surface area contributed by atoms with Crippen molar-refractivity contribution in [3.63, 3.8) is 0 Å². The van der Waals surface area contributed by atoms with Crippen molar-refractivity contribution in [2.45, 2.75) is 40.9 Å². The molecule has 0 spiro atoms. The van der Waals surface area contributed by atoms with Gasteiger partial charge in [0.1, 0.15) is 17.2 Å². The molecule has 2 heterocycles. The van der Waals surface area contributed by atoms with Gasteiger partial charge in [0.2, 0.25) is 11.8 Å². The lowest BCUT2D eigenvalue weighted by Crippen LogP contribution is -2.60. The van der Waals surface area contributed by atoms with E-state index in [-0.39, 0.29) is 57.6 Å². The number of allylic oxidation sites excluding steroid dienone is 2. The van der Waals surface area contributed by atoms with Crippen LogP contribution in [0.1, 0.15) is 35.4 Å². The molecule has 2 aliphatic carbocycles. The highest BCUT2D eigenvalue weighted by Crippen LogP contribution is 2.67. The topological polar surface area (TPSA) is 113 Å². The van der Waals surface area contributed by atoms with E-state index in [9.17, 15) is 50.6 Å².